The van der Waals surface area contributed by atoms with Crippen molar-refractivity contribution in [2.24, 2.45) is 0 Å². The molecule has 5 nitrogen and oxygen atoms in total. The van der Waals surface area contributed by atoms with Crippen molar-refractivity contribution in [1.82, 2.24) is 9.97 Å². The molecule has 2 heterocycles. The SMILES string of the molecule is O=C(Nc1ccc(OC(F)(F)F)nc1)c1cc2ncccc2cc1F. The molecule has 0 aliphatic rings. The van der Waals surface area contributed by atoms with E-state index in [1.165, 1.54) is 18.3 Å². The third kappa shape index (κ3) is 4.00. The van der Waals surface area contributed by atoms with Crippen LogP contribution in [0.3, 0.4) is 0 Å². The van der Waals surface area contributed by atoms with E-state index in [0.29, 0.717) is 10.9 Å². The maximum absolute atomic E-state index is 14.1. The number of hydrogen-bond acceptors (Lipinski definition) is 4. The highest BCUT2D eigenvalue weighted by Crippen LogP contribution is 2.22. The van der Waals surface area contributed by atoms with Crippen molar-refractivity contribution in [2.45, 2.75) is 6.36 Å². The van der Waals surface area contributed by atoms with Crippen LogP contribution >= 0.6 is 0 Å². The molecule has 3 aromatic rings. The quantitative estimate of drug-likeness (QED) is 0.727. The van der Waals surface area contributed by atoms with Crippen LogP contribution in [0.2, 0.25) is 0 Å². The van der Waals surface area contributed by atoms with Crippen molar-refractivity contribution in [3.8, 4) is 5.88 Å². The van der Waals surface area contributed by atoms with E-state index in [4.69, 9.17) is 0 Å². The van der Waals surface area contributed by atoms with Crippen LogP contribution in [0, 0.1) is 5.82 Å². The smallest absolute Gasteiger partial charge is 0.388 e. The van der Waals surface area contributed by atoms with Crippen LogP contribution in [0.4, 0.5) is 23.2 Å². The summed E-state index contributed by atoms with van der Waals surface area (Å²) in [5.41, 5.74) is 0.267. The maximum atomic E-state index is 14.1. The minimum absolute atomic E-state index is 0.0834. The van der Waals surface area contributed by atoms with E-state index in [1.54, 1.807) is 12.1 Å². The van der Waals surface area contributed by atoms with Gasteiger partial charge in [0, 0.05) is 17.6 Å². The lowest BCUT2D eigenvalue weighted by molar-refractivity contribution is -0.276. The van der Waals surface area contributed by atoms with E-state index in [1.807, 2.05) is 0 Å². The number of amides is 1. The number of carbonyl (C=O) groups excluding carboxylic acids is 1. The Kier molecular flexibility index (Phi) is 4.22. The molecule has 0 unspecified atom stereocenters. The highest BCUT2D eigenvalue weighted by Gasteiger charge is 2.31. The summed E-state index contributed by atoms with van der Waals surface area (Å²) in [6, 6.07) is 7.84. The standard InChI is InChI=1S/C16H9F4N3O2/c17-12-6-9-2-1-5-21-13(9)7-11(12)15(24)23-10-3-4-14(22-8-10)25-16(18,19)20/h1-8H,(H,23,24). The molecule has 1 amide bonds. The van der Waals surface area contributed by atoms with Crippen molar-refractivity contribution < 1.29 is 27.1 Å². The lowest BCUT2D eigenvalue weighted by atomic mass is 10.1. The zero-order valence-corrected chi connectivity index (χ0v) is 12.3. The number of alkyl halides is 3. The predicted molar refractivity (Wildman–Crippen MR) is 80.6 cm³/mol. The average molecular weight is 351 g/mol. The van der Waals surface area contributed by atoms with Gasteiger partial charge in [-0.05, 0) is 24.3 Å². The van der Waals surface area contributed by atoms with Crippen LogP contribution in [-0.4, -0.2) is 22.2 Å². The molecule has 0 saturated carbocycles. The largest absolute Gasteiger partial charge is 0.574 e. The first-order valence-corrected chi connectivity index (χ1v) is 6.89. The molecule has 128 valence electrons. The van der Waals surface area contributed by atoms with E-state index in [9.17, 15) is 22.4 Å². The second-order valence-corrected chi connectivity index (χ2v) is 4.92. The van der Waals surface area contributed by atoms with Gasteiger partial charge in [0.05, 0.1) is 23.0 Å². The number of aromatic nitrogens is 2. The second-order valence-electron chi connectivity index (χ2n) is 4.92. The molecule has 0 saturated heterocycles. The van der Waals surface area contributed by atoms with Crippen LogP contribution in [0.1, 0.15) is 10.4 Å². The fourth-order valence-electron chi connectivity index (χ4n) is 2.10. The van der Waals surface area contributed by atoms with Crippen molar-refractivity contribution in [3.05, 3.63) is 60.2 Å². The first kappa shape index (κ1) is 16.6. The van der Waals surface area contributed by atoms with Gasteiger partial charge in [0.25, 0.3) is 5.91 Å². The van der Waals surface area contributed by atoms with Crippen LogP contribution in [0.25, 0.3) is 10.9 Å². The molecule has 3 rings (SSSR count). The maximum Gasteiger partial charge on any atom is 0.574 e. The minimum Gasteiger partial charge on any atom is -0.388 e. The summed E-state index contributed by atoms with van der Waals surface area (Å²) in [6.07, 6.45) is -2.39. The van der Waals surface area contributed by atoms with Crippen molar-refractivity contribution in [3.63, 3.8) is 0 Å². The first-order valence-electron chi connectivity index (χ1n) is 6.89. The molecule has 2 aromatic heterocycles. The minimum atomic E-state index is -4.86. The molecule has 0 bridgehead atoms. The molecule has 1 N–H and O–H groups in total. The number of halogens is 4. The van der Waals surface area contributed by atoms with E-state index in [2.05, 4.69) is 20.0 Å². The number of carbonyl (C=O) groups is 1. The Labute approximate surface area is 138 Å². The third-order valence-electron chi connectivity index (χ3n) is 3.15. The van der Waals surface area contributed by atoms with Crippen LogP contribution in [0.5, 0.6) is 5.88 Å². The Hall–Kier alpha value is -3.23. The normalized spacial score (nSPS) is 11.4. The van der Waals surface area contributed by atoms with E-state index < -0.39 is 24.0 Å². The molecule has 25 heavy (non-hydrogen) atoms. The Morgan fingerprint density at radius 2 is 1.92 bits per heavy atom. The Morgan fingerprint density at radius 3 is 2.60 bits per heavy atom. The number of hydrogen-bond donors (Lipinski definition) is 1. The van der Waals surface area contributed by atoms with E-state index in [0.717, 1.165) is 18.3 Å². The summed E-state index contributed by atoms with van der Waals surface area (Å²) < 4.78 is 53.9. The summed E-state index contributed by atoms with van der Waals surface area (Å²) in [5.74, 6) is -2.20. The van der Waals surface area contributed by atoms with Gasteiger partial charge < -0.3 is 10.1 Å². The number of pyridine rings is 2. The fraction of sp³-hybridized carbons (Fsp3) is 0.0625. The molecular weight excluding hydrogens is 342 g/mol. The van der Waals surface area contributed by atoms with Crippen LogP contribution in [0.15, 0.2) is 48.8 Å². The molecule has 9 heteroatoms. The molecule has 1 aromatic carbocycles. The number of benzene rings is 1. The fourth-order valence-corrected chi connectivity index (χ4v) is 2.10. The highest BCUT2D eigenvalue weighted by molar-refractivity contribution is 6.06. The predicted octanol–water partition coefficient (Wildman–Crippen LogP) is 3.92. The van der Waals surface area contributed by atoms with Gasteiger partial charge in [-0.3, -0.25) is 9.78 Å². The second kappa shape index (κ2) is 6.34. The Morgan fingerprint density at radius 1 is 1.12 bits per heavy atom. The number of anilines is 1. The van der Waals surface area contributed by atoms with E-state index in [-0.39, 0.29) is 11.3 Å². The van der Waals surface area contributed by atoms with Gasteiger partial charge in [0.15, 0.2) is 0 Å². The molecule has 0 radical (unpaired) electrons. The van der Waals surface area contributed by atoms with Gasteiger partial charge in [0.2, 0.25) is 5.88 Å². The zero-order valence-electron chi connectivity index (χ0n) is 12.3. The topological polar surface area (TPSA) is 64.1 Å². The molecule has 0 spiro atoms. The van der Waals surface area contributed by atoms with Crippen molar-refractivity contribution in [1.29, 1.82) is 0 Å². The average Bonchev–Trinajstić information content (AvgIpc) is 2.54. The summed E-state index contributed by atoms with van der Waals surface area (Å²) in [6.45, 7) is 0. The van der Waals surface area contributed by atoms with Gasteiger partial charge in [-0.25, -0.2) is 9.37 Å². The van der Waals surface area contributed by atoms with Gasteiger partial charge in [-0.2, -0.15) is 0 Å². The molecule has 0 aliphatic carbocycles. The summed E-state index contributed by atoms with van der Waals surface area (Å²) in [5, 5.41) is 2.88. The summed E-state index contributed by atoms with van der Waals surface area (Å²) >= 11 is 0. The van der Waals surface area contributed by atoms with Gasteiger partial charge in [-0.15, -0.1) is 13.2 Å². The highest BCUT2D eigenvalue weighted by atomic mass is 19.4. The number of nitrogens with zero attached hydrogens (tertiary/aromatic N) is 2. The number of nitrogens with one attached hydrogen (secondary N) is 1. The first-order chi connectivity index (χ1) is 11.8. The lowest BCUT2D eigenvalue weighted by Crippen LogP contribution is -2.18. The van der Waals surface area contributed by atoms with Crippen LogP contribution in [-0.2, 0) is 0 Å². The third-order valence-corrected chi connectivity index (χ3v) is 3.15. The zero-order chi connectivity index (χ0) is 18.0. The Balaban J connectivity index is 1.79. The lowest BCUT2D eigenvalue weighted by Gasteiger charge is -2.09. The Bertz CT molecular complexity index is 927. The van der Waals surface area contributed by atoms with E-state index >= 15 is 0 Å². The molecule has 0 aliphatic heterocycles. The molecular formula is C16H9F4N3O2. The number of ether oxygens (including phenoxy) is 1. The summed E-state index contributed by atoms with van der Waals surface area (Å²) in [4.78, 5) is 19.6. The van der Waals surface area contributed by atoms with Gasteiger partial charge in [-0.1, -0.05) is 6.07 Å². The van der Waals surface area contributed by atoms with Crippen molar-refractivity contribution in [2.75, 3.05) is 5.32 Å². The van der Waals surface area contributed by atoms with Gasteiger partial charge in [0.1, 0.15) is 5.82 Å². The number of rotatable bonds is 3. The molecule has 0 atom stereocenters. The van der Waals surface area contributed by atoms with Crippen LogP contribution < -0.4 is 10.1 Å². The van der Waals surface area contributed by atoms with Gasteiger partial charge >= 0.3 is 6.36 Å². The number of fused-ring (bicyclic) bond motifs is 1. The molecule has 0 fully saturated rings. The van der Waals surface area contributed by atoms with Crippen molar-refractivity contribution >= 4 is 22.5 Å². The summed E-state index contributed by atoms with van der Waals surface area (Å²) in [7, 11) is 0. The monoisotopic (exact) mass is 351 g/mol.